The monoisotopic (exact) mass is 338 g/mol. The van der Waals surface area contributed by atoms with Crippen molar-refractivity contribution in [3.05, 3.63) is 47.0 Å². The van der Waals surface area contributed by atoms with Crippen LogP contribution < -0.4 is 0 Å². The SMILES string of the molecule is CC(C)c1ccc(C(C)(C)c2cccc3nnoc23)c2nnsc12. The summed E-state index contributed by atoms with van der Waals surface area (Å²) in [5, 5.41) is 12.2. The molecule has 0 aliphatic heterocycles. The third-order valence-electron chi connectivity index (χ3n) is 4.68. The number of para-hydroxylation sites is 1. The van der Waals surface area contributed by atoms with Crippen molar-refractivity contribution in [2.75, 3.05) is 0 Å². The number of nitrogens with zero attached hydrogens (tertiary/aromatic N) is 4. The van der Waals surface area contributed by atoms with Crippen LogP contribution in [0.2, 0.25) is 0 Å². The van der Waals surface area contributed by atoms with Gasteiger partial charge in [-0.05, 0) is 34.6 Å². The van der Waals surface area contributed by atoms with Crippen molar-refractivity contribution < 1.29 is 4.52 Å². The van der Waals surface area contributed by atoms with Crippen LogP contribution in [-0.4, -0.2) is 20.0 Å². The largest absolute Gasteiger partial charge is 0.337 e. The second-order valence-corrected chi connectivity index (χ2v) is 7.61. The standard InChI is InChI=1S/C18H18N4OS/c1-10(2)11-8-9-12(15-17(11)24-22-20-15)18(3,4)13-6-5-7-14-16(13)23-21-19-14/h5-10H,1-4H3. The average molecular weight is 338 g/mol. The summed E-state index contributed by atoms with van der Waals surface area (Å²) in [6, 6.07) is 10.3. The second kappa shape index (κ2) is 5.34. The Morgan fingerprint density at radius 1 is 1.04 bits per heavy atom. The van der Waals surface area contributed by atoms with E-state index in [9.17, 15) is 0 Å². The van der Waals surface area contributed by atoms with E-state index in [0.29, 0.717) is 5.92 Å². The molecule has 2 heterocycles. The third kappa shape index (κ3) is 2.13. The van der Waals surface area contributed by atoms with E-state index in [1.165, 1.54) is 21.8 Å². The first-order valence-corrected chi connectivity index (χ1v) is 8.74. The zero-order valence-corrected chi connectivity index (χ0v) is 14.9. The van der Waals surface area contributed by atoms with E-state index in [2.05, 4.69) is 65.9 Å². The van der Waals surface area contributed by atoms with Gasteiger partial charge in [-0.1, -0.05) is 56.4 Å². The summed E-state index contributed by atoms with van der Waals surface area (Å²) < 4.78 is 10.8. The first-order chi connectivity index (χ1) is 11.5. The Kier molecular flexibility index (Phi) is 3.38. The van der Waals surface area contributed by atoms with E-state index >= 15 is 0 Å². The van der Waals surface area contributed by atoms with Gasteiger partial charge in [0.05, 0.1) is 4.70 Å². The quantitative estimate of drug-likeness (QED) is 0.543. The zero-order chi connectivity index (χ0) is 16.9. The van der Waals surface area contributed by atoms with Crippen molar-refractivity contribution in [1.82, 2.24) is 20.0 Å². The molecule has 0 spiro atoms. The Labute approximate surface area is 143 Å². The summed E-state index contributed by atoms with van der Waals surface area (Å²) >= 11 is 1.46. The van der Waals surface area contributed by atoms with Crippen molar-refractivity contribution in [2.24, 2.45) is 0 Å². The molecule has 0 aliphatic carbocycles. The molecule has 4 rings (SSSR count). The van der Waals surface area contributed by atoms with Gasteiger partial charge < -0.3 is 4.52 Å². The maximum Gasteiger partial charge on any atom is 0.191 e. The fourth-order valence-corrected chi connectivity index (χ4v) is 4.14. The lowest BCUT2D eigenvalue weighted by molar-refractivity contribution is 0.418. The lowest BCUT2D eigenvalue weighted by Gasteiger charge is -2.26. The molecular weight excluding hydrogens is 320 g/mol. The smallest absolute Gasteiger partial charge is 0.191 e. The van der Waals surface area contributed by atoms with E-state index in [1.54, 1.807) is 0 Å². The lowest BCUT2D eigenvalue weighted by atomic mass is 9.76. The second-order valence-electron chi connectivity index (χ2n) is 6.86. The van der Waals surface area contributed by atoms with Crippen LogP contribution in [0.15, 0.2) is 34.9 Å². The number of rotatable bonds is 3. The Morgan fingerprint density at radius 3 is 2.67 bits per heavy atom. The first-order valence-electron chi connectivity index (χ1n) is 7.97. The highest BCUT2D eigenvalue weighted by atomic mass is 32.1. The van der Waals surface area contributed by atoms with Crippen molar-refractivity contribution in [2.45, 2.75) is 39.0 Å². The summed E-state index contributed by atoms with van der Waals surface area (Å²) in [5.41, 5.74) is 5.65. The minimum absolute atomic E-state index is 0.301. The van der Waals surface area contributed by atoms with Gasteiger partial charge in [-0.25, -0.2) is 0 Å². The summed E-state index contributed by atoms with van der Waals surface area (Å²) in [4.78, 5) is 0. The molecule has 24 heavy (non-hydrogen) atoms. The maximum absolute atomic E-state index is 5.42. The highest BCUT2D eigenvalue weighted by Gasteiger charge is 2.30. The number of hydrogen-bond donors (Lipinski definition) is 0. The summed E-state index contributed by atoms with van der Waals surface area (Å²) in [5.74, 6) is 0.439. The molecule has 6 heteroatoms. The topological polar surface area (TPSA) is 64.7 Å². The molecule has 0 saturated heterocycles. The molecular formula is C18H18N4OS. The van der Waals surface area contributed by atoms with Crippen LogP contribution in [0.4, 0.5) is 0 Å². The maximum atomic E-state index is 5.42. The molecule has 0 unspecified atom stereocenters. The number of fused-ring (bicyclic) bond motifs is 2. The van der Waals surface area contributed by atoms with Gasteiger partial charge in [-0.2, -0.15) is 0 Å². The predicted molar refractivity (Wildman–Crippen MR) is 95.4 cm³/mol. The third-order valence-corrected chi connectivity index (χ3v) is 5.45. The highest BCUT2D eigenvalue weighted by Crippen LogP contribution is 2.40. The van der Waals surface area contributed by atoms with Gasteiger partial charge in [0.25, 0.3) is 0 Å². The molecule has 0 fully saturated rings. The Hall–Kier alpha value is -2.34. The molecule has 5 nitrogen and oxygen atoms in total. The molecule has 122 valence electrons. The molecule has 0 saturated carbocycles. The van der Waals surface area contributed by atoms with Crippen LogP contribution >= 0.6 is 11.5 Å². The molecule has 0 N–H and O–H groups in total. The predicted octanol–water partition coefficient (Wildman–Crippen LogP) is 4.68. The van der Waals surface area contributed by atoms with Crippen LogP contribution in [0.25, 0.3) is 21.3 Å². The van der Waals surface area contributed by atoms with Crippen LogP contribution in [-0.2, 0) is 5.41 Å². The average Bonchev–Trinajstić information content (AvgIpc) is 3.21. The molecule has 4 aromatic rings. The van der Waals surface area contributed by atoms with E-state index in [0.717, 1.165) is 27.7 Å². The van der Waals surface area contributed by atoms with Crippen molar-refractivity contribution in [3.63, 3.8) is 0 Å². The summed E-state index contributed by atoms with van der Waals surface area (Å²) in [7, 11) is 0. The summed E-state index contributed by atoms with van der Waals surface area (Å²) in [6.45, 7) is 8.74. The first kappa shape index (κ1) is 15.2. The van der Waals surface area contributed by atoms with Gasteiger partial charge in [0.2, 0.25) is 0 Å². The molecule has 2 aromatic heterocycles. The lowest BCUT2D eigenvalue weighted by Crippen LogP contribution is -2.20. The molecule has 0 amide bonds. The molecule has 0 atom stereocenters. The van der Waals surface area contributed by atoms with Crippen LogP contribution in [0.5, 0.6) is 0 Å². The Balaban J connectivity index is 1.98. The minimum atomic E-state index is -0.301. The summed E-state index contributed by atoms with van der Waals surface area (Å²) in [6.07, 6.45) is 0. The van der Waals surface area contributed by atoms with Gasteiger partial charge >= 0.3 is 0 Å². The number of benzene rings is 2. The Bertz CT molecular complexity index is 1030. The van der Waals surface area contributed by atoms with Crippen molar-refractivity contribution >= 4 is 32.8 Å². The van der Waals surface area contributed by atoms with Gasteiger partial charge in [-0.15, -0.1) is 10.2 Å². The molecule has 2 aromatic carbocycles. The van der Waals surface area contributed by atoms with Gasteiger partial charge in [-0.3, -0.25) is 0 Å². The molecule has 0 aliphatic rings. The normalized spacial score (nSPS) is 12.5. The van der Waals surface area contributed by atoms with Crippen LogP contribution in [0.3, 0.4) is 0 Å². The van der Waals surface area contributed by atoms with Gasteiger partial charge in [0.1, 0.15) is 11.0 Å². The fraction of sp³-hybridized carbons (Fsp3) is 0.333. The van der Waals surface area contributed by atoms with Crippen LogP contribution in [0, 0.1) is 0 Å². The van der Waals surface area contributed by atoms with E-state index in [4.69, 9.17) is 4.52 Å². The highest BCUT2D eigenvalue weighted by molar-refractivity contribution is 7.13. The van der Waals surface area contributed by atoms with Gasteiger partial charge in [0, 0.05) is 16.2 Å². The Morgan fingerprint density at radius 2 is 1.88 bits per heavy atom. The number of hydrogen-bond acceptors (Lipinski definition) is 6. The van der Waals surface area contributed by atoms with Crippen molar-refractivity contribution in [1.29, 1.82) is 0 Å². The molecule has 0 bridgehead atoms. The van der Waals surface area contributed by atoms with Gasteiger partial charge in [0.15, 0.2) is 5.58 Å². The zero-order valence-electron chi connectivity index (χ0n) is 14.1. The van der Waals surface area contributed by atoms with E-state index < -0.39 is 0 Å². The number of aromatic nitrogens is 4. The minimum Gasteiger partial charge on any atom is -0.337 e. The van der Waals surface area contributed by atoms with E-state index in [1.807, 2.05) is 12.1 Å². The van der Waals surface area contributed by atoms with E-state index in [-0.39, 0.29) is 5.41 Å². The fourth-order valence-electron chi connectivity index (χ4n) is 3.29. The molecule has 0 radical (unpaired) electrons. The van der Waals surface area contributed by atoms with Crippen LogP contribution in [0.1, 0.15) is 50.3 Å². The van der Waals surface area contributed by atoms with Crippen molar-refractivity contribution in [3.8, 4) is 0 Å².